The van der Waals surface area contributed by atoms with E-state index in [2.05, 4.69) is 26.5 Å². The number of amides is 1. The Balaban J connectivity index is 1.76. The first-order valence-corrected chi connectivity index (χ1v) is 10.9. The molecule has 0 fully saturated rings. The van der Waals surface area contributed by atoms with E-state index in [0.29, 0.717) is 16.1 Å². The van der Waals surface area contributed by atoms with Crippen molar-refractivity contribution in [3.05, 3.63) is 86.8 Å². The smallest absolute Gasteiger partial charge is 0.343 e. The van der Waals surface area contributed by atoms with E-state index in [1.807, 2.05) is 0 Å². The maximum Gasteiger partial charge on any atom is 0.343 e. The fourth-order valence-electron chi connectivity index (χ4n) is 2.73. The van der Waals surface area contributed by atoms with Gasteiger partial charge in [-0.2, -0.15) is 5.10 Å². The van der Waals surface area contributed by atoms with Crippen molar-refractivity contribution >= 4 is 51.6 Å². The molecule has 10 heteroatoms. The van der Waals surface area contributed by atoms with Crippen molar-refractivity contribution in [2.75, 3.05) is 7.11 Å². The lowest BCUT2D eigenvalue weighted by Gasteiger charge is -2.11. The van der Waals surface area contributed by atoms with Gasteiger partial charge in [0.25, 0.3) is 5.91 Å². The maximum absolute atomic E-state index is 12.7. The third kappa shape index (κ3) is 6.66. The van der Waals surface area contributed by atoms with Gasteiger partial charge in [0.15, 0.2) is 11.5 Å². The van der Waals surface area contributed by atoms with Crippen molar-refractivity contribution in [3.8, 4) is 17.2 Å². The zero-order valence-electron chi connectivity index (χ0n) is 18.0. The summed E-state index contributed by atoms with van der Waals surface area (Å²) < 4.78 is 16.6. The lowest BCUT2D eigenvalue weighted by Crippen LogP contribution is -2.17. The van der Waals surface area contributed by atoms with Crippen LogP contribution in [0.1, 0.15) is 33.2 Å². The van der Waals surface area contributed by atoms with Gasteiger partial charge in [-0.05, 0) is 60.7 Å². The Bertz CT molecular complexity index is 1260. The molecule has 1 amide bonds. The first-order chi connectivity index (χ1) is 16.3. The highest BCUT2D eigenvalue weighted by molar-refractivity contribution is 9.10. The lowest BCUT2D eigenvalue weighted by atomic mass is 10.2. The number of halogens is 2. The highest BCUT2D eigenvalue weighted by atomic mass is 79.9. The summed E-state index contributed by atoms with van der Waals surface area (Å²) in [5.74, 6) is -1.09. The topological polar surface area (TPSA) is 103 Å². The number of nitrogens with one attached hydrogen (secondary N) is 1. The standard InChI is InChI=1S/C24H18BrClN2O6/c1-14(29)33-21-9-5-16(12-22(21)32-2)24(31)34-20-10-8-19(26)11-17(20)13-27-28-23(30)15-3-6-18(25)7-4-15/h3-13H,1-2H3,(H,28,30)/b27-13+. The second-order valence-corrected chi connectivity index (χ2v) is 8.09. The van der Waals surface area contributed by atoms with Crippen LogP contribution < -0.4 is 19.6 Å². The fourth-order valence-corrected chi connectivity index (χ4v) is 3.18. The average Bonchev–Trinajstić information content (AvgIpc) is 2.81. The second-order valence-electron chi connectivity index (χ2n) is 6.74. The van der Waals surface area contributed by atoms with Gasteiger partial charge < -0.3 is 14.2 Å². The van der Waals surface area contributed by atoms with Crippen LogP contribution in [0.25, 0.3) is 0 Å². The van der Waals surface area contributed by atoms with Crippen molar-refractivity contribution in [1.82, 2.24) is 5.43 Å². The molecule has 174 valence electrons. The average molecular weight is 546 g/mol. The summed E-state index contributed by atoms with van der Waals surface area (Å²) in [6.07, 6.45) is 1.32. The molecule has 0 saturated carbocycles. The molecule has 3 rings (SSSR count). The number of benzene rings is 3. The minimum Gasteiger partial charge on any atom is -0.493 e. The van der Waals surface area contributed by atoms with Crippen LogP contribution in [-0.2, 0) is 4.79 Å². The number of carbonyl (C=O) groups excluding carboxylic acids is 3. The molecule has 0 saturated heterocycles. The lowest BCUT2D eigenvalue weighted by molar-refractivity contribution is -0.132. The molecular formula is C24H18BrClN2O6. The number of hydrazone groups is 1. The van der Waals surface area contributed by atoms with Gasteiger partial charge in [0.05, 0.1) is 18.9 Å². The quantitative estimate of drug-likeness (QED) is 0.194. The predicted molar refractivity (Wildman–Crippen MR) is 130 cm³/mol. The van der Waals surface area contributed by atoms with Gasteiger partial charge in [-0.15, -0.1) is 0 Å². The van der Waals surface area contributed by atoms with Crippen molar-refractivity contribution in [3.63, 3.8) is 0 Å². The van der Waals surface area contributed by atoms with E-state index in [9.17, 15) is 14.4 Å². The highest BCUT2D eigenvalue weighted by Crippen LogP contribution is 2.29. The molecule has 0 aliphatic heterocycles. The zero-order valence-corrected chi connectivity index (χ0v) is 20.3. The van der Waals surface area contributed by atoms with Crippen LogP contribution in [-0.4, -0.2) is 31.2 Å². The summed E-state index contributed by atoms with van der Waals surface area (Å²) in [5.41, 5.74) is 3.35. The number of rotatable bonds is 7. The van der Waals surface area contributed by atoms with Crippen LogP contribution in [0, 0.1) is 0 Å². The monoisotopic (exact) mass is 544 g/mol. The normalized spacial score (nSPS) is 10.6. The Morgan fingerprint density at radius 3 is 2.26 bits per heavy atom. The number of methoxy groups -OCH3 is 1. The van der Waals surface area contributed by atoms with Crippen LogP contribution in [0.15, 0.2) is 70.2 Å². The van der Waals surface area contributed by atoms with Crippen LogP contribution in [0.2, 0.25) is 5.02 Å². The number of nitrogens with zero attached hydrogens (tertiary/aromatic N) is 1. The predicted octanol–water partition coefficient (Wildman–Crippen LogP) is 5.02. The van der Waals surface area contributed by atoms with E-state index in [4.69, 9.17) is 25.8 Å². The van der Waals surface area contributed by atoms with Gasteiger partial charge in [0, 0.05) is 27.5 Å². The molecule has 1 N–H and O–H groups in total. The van der Waals surface area contributed by atoms with E-state index in [1.54, 1.807) is 30.3 Å². The van der Waals surface area contributed by atoms with Gasteiger partial charge in [0.1, 0.15) is 5.75 Å². The maximum atomic E-state index is 12.7. The number of hydrogen-bond donors (Lipinski definition) is 1. The summed E-state index contributed by atoms with van der Waals surface area (Å²) in [5, 5.41) is 4.32. The van der Waals surface area contributed by atoms with Crippen LogP contribution in [0.5, 0.6) is 17.2 Å². The van der Waals surface area contributed by atoms with Crippen LogP contribution >= 0.6 is 27.5 Å². The van der Waals surface area contributed by atoms with E-state index < -0.39 is 17.8 Å². The molecular weight excluding hydrogens is 528 g/mol. The summed E-state index contributed by atoms with van der Waals surface area (Å²) in [4.78, 5) is 36.1. The molecule has 0 radical (unpaired) electrons. The van der Waals surface area contributed by atoms with E-state index in [1.165, 1.54) is 50.6 Å². The summed E-state index contributed by atoms with van der Waals surface area (Å²) in [7, 11) is 1.38. The van der Waals surface area contributed by atoms with E-state index in [0.717, 1.165) is 4.47 Å². The molecule has 3 aromatic rings. The van der Waals surface area contributed by atoms with Gasteiger partial charge >= 0.3 is 11.9 Å². The molecule has 0 spiro atoms. The van der Waals surface area contributed by atoms with Crippen LogP contribution in [0.3, 0.4) is 0 Å². The molecule has 0 bridgehead atoms. The molecule has 0 aliphatic rings. The number of ether oxygens (including phenoxy) is 3. The molecule has 0 aliphatic carbocycles. The highest BCUT2D eigenvalue weighted by Gasteiger charge is 2.16. The molecule has 0 heterocycles. The first kappa shape index (κ1) is 24.9. The van der Waals surface area contributed by atoms with Gasteiger partial charge in [-0.1, -0.05) is 27.5 Å². The van der Waals surface area contributed by atoms with Gasteiger partial charge in [-0.25, -0.2) is 10.2 Å². The molecule has 8 nitrogen and oxygen atoms in total. The number of carbonyl (C=O) groups is 3. The SMILES string of the molecule is COc1cc(C(=O)Oc2ccc(Cl)cc2/C=N/NC(=O)c2ccc(Br)cc2)ccc1OC(C)=O. The van der Waals surface area contributed by atoms with Crippen molar-refractivity contribution in [2.24, 2.45) is 5.10 Å². The minimum absolute atomic E-state index is 0.161. The Hall–Kier alpha value is -3.69. The van der Waals surface area contributed by atoms with E-state index in [-0.39, 0.29) is 22.8 Å². The fraction of sp³-hybridized carbons (Fsp3) is 0.0833. The van der Waals surface area contributed by atoms with Crippen molar-refractivity contribution < 1.29 is 28.6 Å². The molecule has 34 heavy (non-hydrogen) atoms. The largest absolute Gasteiger partial charge is 0.493 e. The number of esters is 2. The Morgan fingerprint density at radius 2 is 1.59 bits per heavy atom. The minimum atomic E-state index is -0.691. The summed E-state index contributed by atoms with van der Waals surface area (Å²) >= 11 is 9.38. The van der Waals surface area contributed by atoms with Crippen LogP contribution in [0.4, 0.5) is 0 Å². The Morgan fingerprint density at radius 1 is 0.912 bits per heavy atom. The number of hydrogen-bond acceptors (Lipinski definition) is 7. The summed E-state index contributed by atoms with van der Waals surface area (Å²) in [6, 6.07) is 15.6. The van der Waals surface area contributed by atoms with Crippen molar-refractivity contribution in [2.45, 2.75) is 6.92 Å². The Kier molecular flexibility index (Phi) is 8.39. The molecule has 0 unspecified atom stereocenters. The zero-order chi connectivity index (χ0) is 24.7. The molecule has 0 aromatic heterocycles. The molecule has 3 aromatic carbocycles. The van der Waals surface area contributed by atoms with Gasteiger partial charge in [-0.3, -0.25) is 9.59 Å². The second kappa shape index (κ2) is 11.4. The van der Waals surface area contributed by atoms with Gasteiger partial charge in [0.2, 0.25) is 0 Å². The third-order valence-electron chi connectivity index (χ3n) is 4.30. The summed E-state index contributed by atoms with van der Waals surface area (Å²) in [6.45, 7) is 1.26. The van der Waals surface area contributed by atoms with Crippen molar-refractivity contribution in [1.29, 1.82) is 0 Å². The first-order valence-electron chi connectivity index (χ1n) is 9.74. The Labute approximate surface area is 208 Å². The third-order valence-corrected chi connectivity index (χ3v) is 5.07. The molecule has 0 atom stereocenters. The van der Waals surface area contributed by atoms with E-state index >= 15 is 0 Å².